The van der Waals surface area contributed by atoms with Crippen molar-refractivity contribution in [1.82, 2.24) is 0 Å². The minimum atomic E-state index is -0.854. The zero-order valence-corrected chi connectivity index (χ0v) is 21.8. The maximum Gasteiger partial charge on any atom is 0.300 e. The predicted octanol–water partition coefficient (Wildman–Crippen LogP) is 6.47. The van der Waals surface area contributed by atoms with Gasteiger partial charge in [-0.3, -0.25) is 14.5 Å². The molecule has 0 aliphatic carbocycles. The van der Waals surface area contributed by atoms with Gasteiger partial charge in [0, 0.05) is 31.0 Å². The van der Waals surface area contributed by atoms with Crippen LogP contribution in [0.5, 0.6) is 5.75 Å². The van der Waals surface area contributed by atoms with Gasteiger partial charge in [-0.15, -0.1) is 0 Å². The van der Waals surface area contributed by atoms with Gasteiger partial charge in [0.25, 0.3) is 11.7 Å². The Kier molecular flexibility index (Phi) is 7.29. The molecule has 3 aromatic carbocycles. The second kappa shape index (κ2) is 10.2. The number of ether oxygens (including phenoxy) is 1. The van der Waals surface area contributed by atoms with Crippen molar-refractivity contribution in [2.75, 3.05) is 23.9 Å². The van der Waals surface area contributed by atoms with E-state index in [1.165, 1.54) is 17.0 Å². The van der Waals surface area contributed by atoms with Gasteiger partial charge in [-0.25, -0.2) is 0 Å². The number of halogens is 2. The molecule has 0 aromatic heterocycles. The van der Waals surface area contributed by atoms with Gasteiger partial charge in [-0.2, -0.15) is 0 Å². The predicted molar refractivity (Wildman–Crippen MR) is 144 cm³/mol. The molecule has 186 valence electrons. The van der Waals surface area contributed by atoms with Crippen molar-refractivity contribution in [3.8, 4) is 5.75 Å². The highest BCUT2D eigenvalue weighted by atomic mass is 35.5. The van der Waals surface area contributed by atoms with Crippen LogP contribution in [-0.4, -0.2) is 37.0 Å². The second-order valence-corrected chi connectivity index (χ2v) is 9.76. The highest BCUT2D eigenvalue weighted by Gasteiger charge is 2.47. The number of rotatable bonds is 6. The molecule has 36 heavy (non-hydrogen) atoms. The van der Waals surface area contributed by atoms with E-state index in [0.717, 1.165) is 5.69 Å². The summed E-state index contributed by atoms with van der Waals surface area (Å²) >= 11 is 12.2. The fourth-order valence-electron chi connectivity index (χ4n) is 4.13. The van der Waals surface area contributed by atoms with E-state index in [0.29, 0.717) is 22.0 Å². The van der Waals surface area contributed by atoms with E-state index in [9.17, 15) is 14.7 Å². The number of carbonyl (C=O) groups excluding carboxylic acids is 2. The second-order valence-electron chi connectivity index (χ2n) is 8.94. The summed E-state index contributed by atoms with van der Waals surface area (Å²) in [4.78, 5) is 30.0. The molecule has 1 heterocycles. The summed E-state index contributed by atoms with van der Waals surface area (Å²) in [6, 6.07) is 18.1. The Morgan fingerprint density at radius 1 is 0.944 bits per heavy atom. The number of nitrogens with zero attached hydrogens (tertiary/aromatic N) is 2. The Bertz CT molecular complexity index is 1330. The summed E-state index contributed by atoms with van der Waals surface area (Å²) in [5, 5.41) is 11.8. The van der Waals surface area contributed by atoms with Gasteiger partial charge in [0.15, 0.2) is 0 Å². The summed E-state index contributed by atoms with van der Waals surface area (Å²) in [6.07, 6.45) is -0.00788. The third kappa shape index (κ3) is 4.92. The first-order valence-electron chi connectivity index (χ1n) is 11.4. The Labute approximate surface area is 220 Å². The van der Waals surface area contributed by atoms with Crippen LogP contribution in [0.2, 0.25) is 10.0 Å². The monoisotopic (exact) mass is 524 g/mol. The number of aliphatic hydroxyl groups is 1. The molecule has 1 aliphatic rings. The van der Waals surface area contributed by atoms with Crippen molar-refractivity contribution >= 4 is 52.0 Å². The molecule has 0 spiro atoms. The van der Waals surface area contributed by atoms with Crippen LogP contribution in [0.4, 0.5) is 11.4 Å². The lowest BCUT2D eigenvalue weighted by molar-refractivity contribution is -0.132. The first-order chi connectivity index (χ1) is 17.1. The minimum Gasteiger partial charge on any atom is -0.507 e. The number of ketones is 1. The van der Waals surface area contributed by atoms with E-state index < -0.39 is 17.7 Å². The largest absolute Gasteiger partial charge is 0.507 e. The summed E-state index contributed by atoms with van der Waals surface area (Å²) in [6.45, 7) is 3.85. The van der Waals surface area contributed by atoms with Crippen molar-refractivity contribution in [2.45, 2.75) is 26.0 Å². The molecule has 6 nitrogen and oxygen atoms in total. The summed E-state index contributed by atoms with van der Waals surface area (Å²) < 4.78 is 5.72. The van der Waals surface area contributed by atoms with E-state index in [4.69, 9.17) is 27.9 Å². The lowest BCUT2D eigenvalue weighted by Crippen LogP contribution is -2.29. The standard InChI is InChI=1S/C28H26Cl2N2O4/c1-16(2)36-21-12-10-20(11-13-21)32-25(17-5-8-19(9-6-17)31(3)4)24(27(34)28(32)35)26(33)18-7-14-22(29)23(30)15-18/h5-16,25,33H,1-4H3/b26-24-. The Balaban J connectivity index is 1.88. The number of carbonyl (C=O) groups is 2. The summed E-state index contributed by atoms with van der Waals surface area (Å²) in [5.41, 5.74) is 2.39. The topological polar surface area (TPSA) is 70.1 Å². The first kappa shape index (κ1) is 25.6. The number of benzene rings is 3. The lowest BCUT2D eigenvalue weighted by atomic mass is 9.95. The number of amides is 1. The van der Waals surface area contributed by atoms with Crippen LogP contribution in [0.1, 0.15) is 31.0 Å². The van der Waals surface area contributed by atoms with Crippen LogP contribution >= 0.6 is 23.2 Å². The van der Waals surface area contributed by atoms with Crippen molar-refractivity contribution in [3.63, 3.8) is 0 Å². The SMILES string of the molecule is CC(C)Oc1ccc(N2C(=O)C(=O)/C(=C(\O)c3ccc(Cl)c(Cl)c3)C2c2ccc(N(C)C)cc2)cc1. The molecule has 0 radical (unpaired) electrons. The number of aliphatic hydroxyl groups excluding tert-OH is 1. The fraction of sp³-hybridized carbons (Fsp3) is 0.214. The minimum absolute atomic E-state index is 0.00788. The van der Waals surface area contributed by atoms with E-state index in [1.807, 2.05) is 57.1 Å². The van der Waals surface area contributed by atoms with Crippen LogP contribution in [0.15, 0.2) is 72.3 Å². The molecule has 3 aromatic rings. The molecule has 1 atom stereocenters. The van der Waals surface area contributed by atoms with Crippen LogP contribution < -0.4 is 14.5 Å². The van der Waals surface area contributed by atoms with Gasteiger partial charge in [0.1, 0.15) is 11.5 Å². The van der Waals surface area contributed by atoms with Gasteiger partial charge in [0.05, 0.1) is 27.8 Å². The number of hydrogen-bond donors (Lipinski definition) is 1. The number of anilines is 2. The highest BCUT2D eigenvalue weighted by molar-refractivity contribution is 6.51. The molecular formula is C28H26Cl2N2O4. The third-order valence-electron chi connectivity index (χ3n) is 5.85. The van der Waals surface area contributed by atoms with Crippen LogP contribution in [0.3, 0.4) is 0 Å². The molecule has 8 heteroatoms. The van der Waals surface area contributed by atoms with E-state index >= 15 is 0 Å². The highest BCUT2D eigenvalue weighted by Crippen LogP contribution is 2.43. The average molecular weight is 525 g/mol. The van der Waals surface area contributed by atoms with Gasteiger partial charge >= 0.3 is 0 Å². The Morgan fingerprint density at radius 2 is 1.58 bits per heavy atom. The zero-order chi connectivity index (χ0) is 26.1. The quantitative estimate of drug-likeness (QED) is 0.227. The molecule has 0 bridgehead atoms. The molecular weight excluding hydrogens is 499 g/mol. The normalized spacial score (nSPS) is 17.1. The summed E-state index contributed by atoms with van der Waals surface area (Å²) in [7, 11) is 3.85. The molecule has 1 saturated heterocycles. The van der Waals surface area contributed by atoms with Gasteiger partial charge < -0.3 is 14.7 Å². The van der Waals surface area contributed by atoms with Crippen LogP contribution in [0.25, 0.3) is 5.76 Å². The maximum atomic E-state index is 13.3. The van der Waals surface area contributed by atoms with Crippen LogP contribution in [-0.2, 0) is 9.59 Å². The van der Waals surface area contributed by atoms with E-state index in [1.54, 1.807) is 30.3 Å². The molecule has 1 aliphatic heterocycles. The first-order valence-corrected chi connectivity index (χ1v) is 12.1. The summed E-state index contributed by atoms with van der Waals surface area (Å²) in [5.74, 6) is -1.21. The van der Waals surface area contributed by atoms with E-state index in [2.05, 4.69) is 0 Å². The maximum absolute atomic E-state index is 13.3. The molecule has 1 amide bonds. The molecule has 1 N–H and O–H groups in total. The average Bonchev–Trinajstić information content (AvgIpc) is 3.11. The molecule has 1 unspecified atom stereocenters. The van der Waals surface area contributed by atoms with Gasteiger partial charge in [-0.1, -0.05) is 35.3 Å². The molecule has 4 rings (SSSR count). The molecule has 1 fully saturated rings. The van der Waals surface area contributed by atoms with Crippen molar-refractivity contribution in [1.29, 1.82) is 0 Å². The Morgan fingerprint density at radius 3 is 2.14 bits per heavy atom. The van der Waals surface area contributed by atoms with E-state index in [-0.39, 0.29) is 28.0 Å². The third-order valence-corrected chi connectivity index (χ3v) is 6.59. The smallest absolute Gasteiger partial charge is 0.300 e. The number of Topliss-reactive ketones (excluding diaryl/α,β-unsaturated/α-hetero) is 1. The number of hydrogen-bond acceptors (Lipinski definition) is 5. The van der Waals surface area contributed by atoms with Crippen LogP contribution in [0, 0.1) is 0 Å². The zero-order valence-electron chi connectivity index (χ0n) is 20.3. The fourth-order valence-corrected chi connectivity index (χ4v) is 4.42. The van der Waals surface area contributed by atoms with Crippen molar-refractivity contribution < 1.29 is 19.4 Å². The lowest BCUT2D eigenvalue weighted by Gasteiger charge is -2.26. The van der Waals surface area contributed by atoms with Crippen molar-refractivity contribution in [3.05, 3.63) is 93.5 Å². The van der Waals surface area contributed by atoms with Gasteiger partial charge in [0.2, 0.25) is 0 Å². The Hall–Kier alpha value is -3.48. The van der Waals surface area contributed by atoms with Gasteiger partial charge in [-0.05, 0) is 74.0 Å². The van der Waals surface area contributed by atoms with Crippen molar-refractivity contribution in [2.24, 2.45) is 0 Å². The molecule has 0 saturated carbocycles.